The van der Waals surface area contributed by atoms with Crippen LogP contribution in [0.2, 0.25) is 10.0 Å². The van der Waals surface area contributed by atoms with Crippen molar-refractivity contribution in [2.45, 2.75) is 17.7 Å². The lowest BCUT2D eigenvalue weighted by Gasteiger charge is -2.17. The molecule has 1 aromatic rings. The summed E-state index contributed by atoms with van der Waals surface area (Å²) < 4.78 is 31.7. The van der Waals surface area contributed by atoms with Gasteiger partial charge in [-0.25, -0.2) is 13.1 Å². The Morgan fingerprint density at radius 2 is 1.91 bits per heavy atom. The minimum absolute atomic E-state index is 0.0304. The molecule has 0 saturated carbocycles. The summed E-state index contributed by atoms with van der Waals surface area (Å²) in [6.07, 6.45) is 0.768. The van der Waals surface area contributed by atoms with Gasteiger partial charge in [-0.05, 0) is 18.6 Å². The van der Waals surface area contributed by atoms with Crippen LogP contribution < -0.4 is 4.72 Å². The van der Waals surface area contributed by atoms with Crippen LogP contribution in [0.1, 0.15) is 12.8 Å². The van der Waals surface area contributed by atoms with Crippen LogP contribution in [0.4, 0.5) is 0 Å². The average molecular weight is 383 g/mol. The number of hydrogen-bond donors (Lipinski definition) is 1. The molecular weight excluding hydrogens is 363 g/mol. The quantitative estimate of drug-likeness (QED) is 0.663. The Bertz CT molecular complexity index is 617. The van der Waals surface area contributed by atoms with Crippen molar-refractivity contribution in [3.05, 3.63) is 28.2 Å². The Morgan fingerprint density at radius 3 is 2.48 bits per heavy atom. The molecule has 23 heavy (non-hydrogen) atoms. The molecule has 0 aliphatic rings. The molecule has 0 spiro atoms. The highest BCUT2D eigenvalue weighted by molar-refractivity contribution is 7.89. The van der Waals surface area contributed by atoms with Gasteiger partial charge >= 0.3 is 0 Å². The third-order valence-corrected chi connectivity index (χ3v) is 5.50. The van der Waals surface area contributed by atoms with E-state index in [9.17, 15) is 13.2 Å². The maximum absolute atomic E-state index is 12.2. The zero-order chi connectivity index (χ0) is 17.5. The van der Waals surface area contributed by atoms with Gasteiger partial charge in [0, 0.05) is 40.3 Å². The minimum Gasteiger partial charge on any atom is -0.385 e. The summed E-state index contributed by atoms with van der Waals surface area (Å²) in [6, 6.07) is 4.44. The zero-order valence-electron chi connectivity index (χ0n) is 13.0. The standard InChI is InChI=1S/C14H20Cl2N2O4S/c1-18(9-4-10-22-2)13(19)7-8-17-23(20,21)14-11(15)5-3-6-12(14)16/h3,5-6,17H,4,7-10H2,1-2H3. The van der Waals surface area contributed by atoms with Gasteiger partial charge in [-0.2, -0.15) is 0 Å². The van der Waals surface area contributed by atoms with E-state index < -0.39 is 10.0 Å². The normalized spacial score (nSPS) is 11.5. The van der Waals surface area contributed by atoms with Gasteiger partial charge in [-0.1, -0.05) is 29.3 Å². The highest BCUT2D eigenvalue weighted by Crippen LogP contribution is 2.28. The number of rotatable bonds is 9. The maximum atomic E-state index is 12.2. The molecule has 1 amide bonds. The minimum atomic E-state index is -3.87. The molecule has 130 valence electrons. The summed E-state index contributed by atoms with van der Waals surface area (Å²) >= 11 is 11.8. The summed E-state index contributed by atoms with van der Waals surface area (Å²) in [5.41, 5.74) is 0. The number of hydrogen-bond acceptors (Lipinski definition) is 4. The lowest BCUT2D eigenvalue weighted by molar-refractivity contribution is -0.129. The monoisotopic (exact) mass is 382 g/mol. The summed E-state index contributed by atoms with van der Waals surface area (Å²) in [5, 5.41) is 0.0704. The summed E-state index contributed by atoms with van der Waals surface area (Å²) in [6.45, 7) is 1.09. The molecule has 0 unspecified atom stereocenters. The summed E-state index contributed by atoms with van der Waals surface area (Å²) in [4.78, 5) is 13.3. The number of halogens is 2. The van der Waals surface area contributed by atoms with Gasteiger partial charge in [-0.3, -0.25) is 4.79 Å². The second-order valence-electron chi connectivity index (χ2n) is 4.86. The number of carbonyl (C=O) groups is 1. The fourth-order valence-electron chi connectivity index (χ4n) is 1.87. The first kappa shape index (κ1) is 20.2. The number of sulfonamides is 1. The second-order valence-corrected chi connectivity index (χ2v) is 7.38. The lowest BCUT2D eigenvalue weighted by Crippen LogP contribution is -2.33. The van der Waals surface area contributed by atoms with Gasteiger partial charge in [0.25, 0.3) is 0 Å². The Balaban J connectivity index is 2.56. The van der Waals surface area contributed by atoms with E-state index in [-0.39, 0.29) is 33.8 Å². The molecule has 0 atom stereocenters. The van der Waals surface area contributed by atoms with Crippen molar-refractivity contribution in [3.8, 4) is 0 Å². The fourth-order valence-corrected chi connectivity index (χ4v) is 4.04. The van der Waals surface area contributed by atoms with Crippen molar-refractivity contribution in [1.82, 2.24) is 9.62 Å². The molecular formula is C14H20Cl2N2O4S. The molecule has 0 aliphatic heterocycles. The molecule has 1 rings (SSSR count). The molecule has 0 aromatic heterocycles. The van der Waals surface area contributed by atoms with Gasteiger partial charge in [0.05, 0.1) is 10.0 Å². The van der Waals surface area contributed by atoms with Gasteiger partial charge in [0.15, 0.2) is 0 Å². The van der Waals surface area contributed by atoms with Gasteiger partial charge in [0.2, 0.25) is 15.9 Å². The van der Waals surface area contributed by atoms with Crippen LogP contribution >= 0.6 is 23.2 Å². The number of nitrogens with one attached hydrogen (secondary N) is 1. The van der Waals surface area contributed by atoms with Crippen LogP contribution in [0.25, 0.3) is 0 Å². The molecule has 1 N–H and O–H groups in total. The van der Waals surface area contributed by atoms with Crippen LogP contribution in [0.15, 0.2) is 23.1 Å². The maximum Gasteiger partial charge on any atom is 0.243 e. The van der Waals surface area contributed by atoms with Crippen molar-refractivity contribution in [2.75, 3.05) is 33.9 Å². The first-order chi connectivity index (χ1) is 10.8. The van der Waals surface area contributed by atoms with Crippen molar-refractivity contribution >= 4 is 39.1 Å². The van der Waals surface area contributed by atoms with Crippen LogP contribution in [0.5, 0.6) is 0 Å². The zero-order valence-corrected chi connectivity index (χ0v) is 15.3. The van der Waals surface area contributed by atoms with Crippen LogP contribution in [-0.4, -0.2) is 53.1 Å². The van der Waals surface area contributed by atoms with Gasteiger partial charge < -0.3 is 9.64 Å². The van der Waals surface area contributed by atoms with E-state index in [0.717, 1.165) is 6.42 Å². The Kier molecular flexibility index (Phi) is 8.28. The molecule has 0 radical (unpaired) electrons. The number of nitrogens with zero attached hydrogens (tertiary/aromatic N) is 1. The predicted octanol–water partition coefficient (Wildman–Crippen LogP) is 2.16. The lowest BCUT2D eigenvalue weighted by atomic mass is 10.3. The van der Waals surface area contributed by atoms with E-state index >= 15 is 0 Å². The van der Waals surface area contributed by atoms with E-state index in [1.165, 1.54) is 17.0 Å². The third kappa shape index (κ3) is 6.27. The first-order valence-corrected chi connectivity index (χ1v) is 9.20. The molecule has 1 aromatic carbocycles. The Labute approximate surface area is 146 Å². The molecule has 0 fully saturated rings. The summed E-state index contributed by atoms with van der Waals surface area (Å²) in [5.74, 6) is -0.158. The van der Waals surface area contributed by atoms with Crippen LogP contribution in [-0.2, 0) is 19.6 Å². The molecule has 0 bridgehead atoms. The third-order valence-electron chi connectivity index (χ3n) is 3.09. The number of methoxy groups -OCH3 is 1. The predicted molar refractivity (Wildman–Crippen MR) is 90.4 cm³/mol. The molecule has 0 aliphatic carbocycles. The highest BCUT2D eigenvalue weighted by atomic mass is 35.5. The SMILES string of the molecule is COCCCN(C)C(=O)CCNS(=O)(=O)c1c(Cl)cccc1Cl. The van der Waals surface area contributed by atoms with Crippen LogP contribution in [0, 0.1) is 0 Å². The number of ether oxygens (including phenoxy) is 1. The van der Waals surface area contributed by atoms with Gasteiger partial charge in [-0.15, -0.1) is 0 Å². The smallest absolute Gasteiger partial charge is 0.243 e. The van der Waals surface area contributed by atoms with E-state index in [1.807, 2.05) is 0 Å². The average Bonchev–Trinajstić information content (AvgIpc) is 2.46. The van der Waals surface area contributed by atoms with E-state index in [0.29, 0.717) is 13.2 Å². The van der Waals surface area contributed by atoms with Crippen molar-refractivity contribution in [2.24, 2.45) is 0 Å². The molecule has 0 saturated heterocycles. The molecule has 0 heterocycles. The van der Waals surface area contributed by atoms with Crippen LogP contribution in [0.3, 0.4) is 0 Å². The molecule has 9 heteroatoms. The second kappa shape index (κ2) is 9.44. The largest absolute Gasteiger partial charge is 0.385 e. The fraction of sp³-hybridized carbons (Fsp3) is 0.500. The number of benzene rings is 1. The Morgan fingerprint density at radius 1 is 1.30 bits per heavy atom. The van der Waals surface area contributed by atoms with Crippen molar-refractivity contribution in [1.29, 1.82) is 0 Å². The van der Waals surface area contributed by atoms with E-state index in [2.05, 4.69) is 4.72 Å². The van der Waals surface area contributed by atoms with Gasteiger partial charge in [0.1, 0.15) is 4.90 Å². The highest BCUT2D eigenvalue weighted by Gasteiger charge is 2.21. The van der Waals surface area contributed by atoms with E-state index in [4.69, 9.17) is 27.9 Å². The topological polar surface area (TPSA) is 75.7 Å². The number of amides is 1. The van der Waals surface area contributed by atoms with E-state index in [1.54, 1.807) is 20.2 Å². The number of carbonyl (C=O) groups excluding carboxylic acids is 1. The van der Waals surface area contributed by atoms with Crippen molar-refractivity contribution < 1.29 is 17.9 Å². The molecule has 6 nitrogen and oxygen atoms in total. The Hall–Kier alpha value is -0.860. The van der Waals surface area contributed by atoms with Crippen molar-refractivity contribution in [3.63, 3.8) is 0 Å². The summed E-state index contributed by atoms with van der Waals surface area (Å²) in [7, 11) is -0.611. The first-order valence-electron chi connectivity index (χ1n) is 6.96.